The second kappa shape index (κ2) is 9.62. The molecule has 0 saturated heterocycles. The molecule has 2 aromatic carbocycles. The van der Waals surface area contributed by atoms with Gasteiger partial charge in [0, 0.05) is 6.54 Å². The van der Waals surface area contributed by atoms with E-state index in [1.807, 2.05) is 43.3 Å². The number of nitrogens with one attached hydrogen (secondary N) is 1. The van der Waals surface area contributed by atoms with Gasteiger partial charge in [0.2, 0.25) is 5.91 Å². The Morgan fingerprint density at radius 1 is 1.07 bits per heavy atom. The van der Waals surface area contributed by atoms with Crippen molar-refractivity contribution in [3.63, 3.8) is 0 Å². The normalized spacial score (nSPS) is 11.5. The van der Waals surface area contributed by atoms with Crippen LogP contribution in [0.4, 0.5) is 0 Å². The SMILES string of the molecule is COc1cc(CC(=O)NC[C@H](Cc2ccccc2OC)C(=O)O)ccc1C. The Labute approximate surface area is 159 Å². The number of ether oxygens (including phenoxy) is 2. The molecule has 0 aromatic heterocycles. The third kappa shape index (κ3) is 5.74. The Balaban J connectivity index is 1.97. The van der Waals surface area contributed by atoms with Crippen LogP contribution in [-0.4, -0.2) is 37.7 Å². The van der Waals surface area contributed by atoms with Gasteiger partial charge in [-0.1, -0.05) is 30.3 Å². The fourth-order valence-corrected chi connectivity index (χ4v) is 2.84. The van der Waals surface area contributed by atoms with Crippen molar-refractivity contribution in [2.24, 2.45) is 5.92 Å². The predicted molar refractivity (Wildman–Crippen MR) is 102 cm³/mol. The van der Waals surface area contributed by atoms with Crippen LogP contribution < -0.4 is 14.8 Å². The minimum Gasteiger partial charge on any atom is -0.496 e. The second-order valence-corrected chi connectivity index (χ2v) is 6.34. The van der Waals surface area contributed by atoms with Crippen molar-refractivity contribution >= 4 is 11.9 Å². The molecule has 6 nitrogen and oxygen atoms in total. The minimum absolute atomic E-state index is 0.0508. The van der Waals surface area contributed by atoms with Crippen LogP contribution in [0, 0.1) is 12.8 Å². The smallest absolute Gasteiger partial charge is 0.308 e. The third-order valence-corrected chi connectivity index (χ3v) is 4.39. The molecule has 0 aliphatic rings. The van der Waals surface area contributed by atoms with Gasteiger partial charge in [0.25, 0.3) is 0 Å². The van der Waals surface area contributed by atoms with E-state index >= 15 is 0 Å². The van der Waals surface area contributed by atoms with Gasteiger partial charge in [-0.25, -0.2) is 0 Å². The molecule has 0 aliphatic carbocycles. The van der Waals surface area contributed by atoms with Gasteiger partial charge < -0.3 is 19.9 Å². The zero-order valence-electron chi connectivity index (χ0n) is 15.8. The molecule has 1 atom stereocenters. The van der Waals surface area contributed by atoms with Crippen LogP contribution in [0.15, 0.2) is 42.5 Å². The maximum atomic E-state index is 12.2. The van der Waals surface area contributed by atoms with Crippen molar-refractivity contribution in [2.45, 2.75) is 19.8 Å². The van der Waals surface area contributed by atoms with Gasteiger partial charge in [0.1, 0.15) is 11.5 Å². The summed E-state index contributed by atoms with van der Waals surface area (Å²) in [6.45, 7) is 1.98. The fourth-order valence-electron chi connectivity index (χ4n) is 2.84. The molecule has 2 aromatic rings. The lowest BCUT2D eigenvalue weighted by molar-refractivity contribution is -0.141. The molecule has 2 rings (SSSR count). The van der Waals surface area contributed by atoms with E-state index in [0.29, 0.717) is 5.75 Å². The number of methoxy groups -OCH3 is 2. The average Bonchev–Trinajstić information content (AvgIpc) is 2.66. The molecule has 0 saturated carbocycles. The minimum atomic E-state index is -0.960. The van der Waals surface area contributed by atoms with Crippen molar-refractivity contribution in [2.75, 3.05) is 20.8 Å². The topological polar surface area (TPSA) is 84.9 Å². The van der Waals surface area contributed by atoms with Crippen molar-refractivity contribution in [1.29, 1.82) is 0 Å². The summed E-state index contributed by atoms with van der Waals surface area (Å²) in [4.78, 5) is 23.8. The summed E-state index contributed by atoms with van der Waals surface area (Å²) in [5.41, 5.74) is 2.60. The Bertz CT molecular complexity index is 803. The first kappa shape index (κ1) is 20.3. The molecule has 0 aliphatic heterocycles. The number of aliphatic carboxylic acids is 1. The predicted octanol–water partition coefficient (Wildman–Crippen LogP) is 2.61. The standard InChI is InChI=1S/C21H25NO5/c1-14-8-9-15(10-19(14)27-3)11-20(23)22-13-17(21(24)25)12-16-6-4-5-7-18(16)26-2/h4-10,17H,11-13H2,1-3H3,(H,22,23)(H,24,25)/t17-/m0/s1. The summed E-state index contributed by atoms with van der Waals surface area (Å²) in [6.07, 6.45) is 0.440. The number of carbonyl (C=O) groups is 2. The van der Waals surface area contributed by atoms with E-state index in [4.69, 9.17) is 9.47 Å². The number of hydrogen-bond donors (Lipinski definition) is 2. The summed E-state index contributed by atoms with van der Waals surface area (Å²) >= 11 is 0. The second-order valence-electron chi connectivity index (χ2n) is 6.34. The molecule has 1 amide bonds. The van der Waals surface area contributed by atoms with Crippen LogP contribution in [0.3, 0.4) is 0 Å². The Morgan fingerprint density at radius 3 is 2.44 bits per heavy atom. The fraction of sp³-hybridized carbons (Fsp3) is 0.333. The van der Waals surface area contributed by atoms with Crippen LogP contribution >= 0.6 is 0 Å². The first-order valence-corrected chi connectivity index (χ1v) is 8.69. The number of carboxylic acid groups (broad SMARTS) is 1. The molecule has 0 spiro atoms. The summed E-state index contributed by atoms with van der Waals surface area (Å²) in [7, 11) is 3.13. The highest BCUT2D eigenvalue weighted by Crippen LogP contribution is 2.21. The highest BCUT2D eigenvalue weighted by molar-refractivity contribution is 5.79. The van der Waals surface area contributed by atoms with Gasteiger partial charge >= 0.3 is 5.97 Å². The largest absolute Gasteiger partial charge is 0.496 e. The Hall–Kier alpha value is -3.02. The number of para-hydroxylation sites is 1. The molecule has 27 heavy (non-hydrogen) atoms. The first-order chi connectivity index (χ1) is 12.9. The van der Waals surface area contributed by atoms with Crippen molar-refractivity contribution in [3.05, 3.63) is 59.2 Å². The zero-order valence-corrected chi connectivity index (χ0v) is 15.8. The van der Waals surface area contributed by atoms with Crippen LogP contribution in [0.25, 0.3) is 0 Å². The van der Waals surface area contributed by atoms with Crippen LogP contribution in [0.2, 0.25) is 0 Å². The molecular weight excluding hydrogens is 346 g/mol. The lowest BCUT2D eigenvalue weighted by atomic mass is 9.98. The van der Waals surface area contributed by atoms with Gasteiger partial charge in [-0.2, -0.15) is 0 Å². The molecule has 0 radical (unpaired) electrons. The number of rotatable bonds is 9. The summed E-state index contributed by atoms with van der Waals surface area (Å²) in [6, 6.07) is 12.9. The molecule has 0 fully saturated rings. The summed E-state index contributed by atoms with van der Waals surface area (Å²) < 4.78 is 10.5. The van der Waals surface area contributed by atoms with Crippen molar-refractivity contribution < 1.29 is 24.2 Å². The van der Waals surface area contributed by atoms with Gasteiger partial charge in [-0.15, -0.1) is 0 Å². The van der Waals surface area contributed by atoms with E-state index in [1.54, 1.807) is 20.3 Å². The monoisotopic (exact) mass is 371 g/mol. The molecule has 2 N–H and O–H groups in total. The summed E-state index contributed by atoms with van der Waals surface area (Å²) in [5, 5.41) is 12.2. The quantitative estimate of drug-likeness (QED) is 0.708. The van der Waals surface area contributed by atoms with Crippen LogP contribution in [-0.2, 0) is 22.4 Å². The van der Waals surface area contributed by atoms with Crippen LogP contribution in [0.1, 0.15) is 16.7 Å². The van der Waals surface area contributed by atoms with Gasteiger partial charge in [-0.05, 0) is 42.2 Å². The van der Waals surface area contributed by atoms with Gasteiger partial charge in [0.05, 0.1) is 26.6 Å². The molecular formula is C21H25NO5. The number of carboxylic acids is 1. The lowest BCUT2D eigenvalue weighted by Gasteiger charge is -2.15. The highest BCUT2D eigenvalue weighted by atomic mass is 16.5. The lowest BCUT2D eigenvalue weighted by Crippen LogP contribution is -2.35. The number of aryl methyl sites for hydroxylation is 1. The van der Waals surface area contributed by atoms with Crippen LogP contribution in [0.5, 0.6) is 11.5 Å². The number of carbonyl (C=O) groups excluding carboxylic acids is 1. The zero-order chi connectivity index (χ0) is 19.8. The third-order valence-electron chi connectivity index (χ3n) is 4.39. The van der Waals surface area contributed by atoms with Crippen molar-refractivity contribution in [1.82, 2.24) is 5.32 Å². The van der Waals surface area contributed by atoms with Gasteiger partial charge in [0.15, 0.2) is 0 Å². The maximum Gasteiger partial charge on any atom is 0.308 e. The molecule has 0 bridgehead atoms. The van der Waals surface area contributed by atoms with E-state index in [0.717, 1.165) is 22.4 Å². The number of benzene rings is 2. The Kier molecular flexibility index (Phi) is 7.23. The molecule has 6 heteroatoms. The summed E-state index contributed by atoms with van der Waals surface area (Å²) in [5.74, 6) is -0.565. The molecule has 0 unspecified atom stereocenters. The van der Waals surface area contributed by atoms with E-state index in [1.165, 1.54) is 0 Å². The van der Waals surface area contributed by atoms with E-state index in [-0.39, 0.29) is 25.3 Å². The number of hydrogen-bond acceptors (Lipinski definition) is 4. The molecule has 0 heterocycles. The highest BCUT2D eigenvalue weighted by Gasteiger charge is 2.20. The molecule has 144 valence electrons. The Morgan fingerprint density at radius 2 is 1.78 bits per heavy atom. The first-order valence-electron chi connectivity index (χ1n) is 8.69. The van der Waals surface area contributed by atoms with E-state index < -0.39 is 11.9 Å². The average molecular weight is 371 g/mol. The number of amides is 1. The van der Waals surface area contributed by atoms with E-state index in [2.05, 4.69) is 5.32 Å². The van der Waals surface area contributed by atoms with Crippen molar-refractivity contribution in [3.8, 4) is 11.5 Å². The van der Waals surface area contributed by atoms with Gasteiger partial charge in [-0.3, -0.25) is 9.59 Å². The van der Waals surface area contributed by atoms with E-state index in [9.17, 15) is 14.7 Å². The maximum absolute atomic E-state index is 12.2.